The first-order valence-electron chi connectivity index (χ1n) is 7.24. The molecule has 5 nitrogen and oxygen atoms in total. The molecule has 0 saturated carbocycles. The van der Waals surface area contributed by atoms with E-state index in [1.807, 2.05) is 31.4 Å². The van der Waals surface area contributed by atoms with Gasteiger partial charge in [-0.05, 0) is 36.1 Å². The van der Waals surface area contributed by atoms with Crippen LogP contribution in [0, 0.1) is 0 Å². The molecule has 0 bridgehead atoms. The van der Waals surface area contributed by atoms with Gasteiger partial charge >= 0.3 is 0 Å². The lowest BCUT2D eigenvalue weighted by atomic mass is 9.99. The van der Waals surface area contributed by atoms with Crippen molar-refractivity contribution in [1.29, 1.82) is 0 Å². The molecule has 2 rings (SSSR count). The Labute approximate surface area is 149 Å². The number of guanidine groups is 1. The molecule has 6 heteroatoms. The van der Waals surface area contributed by atoms with Crippen molar-refractivity contribution in [3.05, 3.63) is 47.8 Å². The second-order valence-corrected chi connectivity index (χ2v) is 5.24. The fraction of sp³-hybridized carbons (Fsp3) is 0.375. The second-order valence-electron chi connectivity index (χ2n) is 5.24. The predicted octanol–water partition coefficient (Wildman–Crippen LogP) is 3.48. The van der Waals surface area contributed by atoms with Crippen molar-refractivity contribution in [3.63, 3.8) is 0 Å². The molecule has 1 heterocycles. The Morgan fingerprint density at radius 2 is 2.00 bits per heavy atom. The fourth-order valence-corrected chi connectivity index (χ4v) is 2.03. The van der Waals surface area contributed by atoms with Crippen LogP contribution in [0.15, 0.2) is 41.5 Å². The van der Waals surface area contributed by atoms with Crippen LogP contribution in [0.1, 0.15) is 37.4 Å². The van der Waals surface area contributed by atoms with E-state index in [0.29, 0.717) is 18.4 Å². The average Bonchev–Trinajstić information content (AvgIpc) is 2.91. The van der Waals surface area contributed by atoms with Crippen LogP contribution in [0.5, 0.6) is 0 Å². The van der Waals surface area contributed by atoms with E-state index in [2.05, 4.69) is 41.4 Å². The molecule has 0 radical (unpaired) electrons. The third kappa shape index (κ3) is 5.32. The predicted molar refractivity (Wildman–Crippen MR) is 103 cm³/mol. The summed E-state index contributed by atoms with van der Waals surface area (Å²) in [6, 6.07) is 10.2. The molecule has 0 spiro atoms. The summed E-state index contributed by atoms with van der Waals surface area (Å²) in [7, 11) is 1.88. The molecule has 1 aromatic carbocycles. The van der Waals surface area contributed by atoms with Gasteiger partial charge in [0.15, 0.2) is 5.96 Å². The van der Waals surface area contributed by atoms with Crippen LogP contribution in [-0.4, -0.2) is 15.7 Å². The van der Waals surface area contributed by atoms with Gasteiger partial charge in [-0.3, -0.25) is 4.68 Å². The Hall–Kier alpha value is -1.57. The summed E-state index contributed by atoms with van der Waals surface area (Å²) in [6.45, 7) is 4.90. The SMILES string of the molecule is CCC(C)c1ccc(NC(N)=NCc2ccn(C)n2)cc1.I. The van der Waals surface area contributed by atoms with E-state index in [1.165, 1.54) is 5.56 Å². The standard InChI is InChI=1S/C16H23N5.HI/c1-4-12(2)13-5-7-14(8-6-13)19-16(17)18-11-15-9-10-21(3)20-15;/h5-10,12H,4,11H2,1-3H3,(H3,17,18,19);1H. The minimum Gasteiger partial charge on any atom is -0.370 e. The molecule has 1 aromatic heterocycles. The van der Waals surface area contributed by atoms with Gasteiger partial charge in [0.05, 0.1) is 12.2 Å². The highest BCUT2D eigenvalue weighted by Gasteiger charge is 2.03. The van der Waals surface area contributed by atoms with E-state index < -0.39 is 0 Å². The van der Waals surface area contributed by atoms with Gasteiger partial charge in [-0.2, -0.15) is 5.10 Å². The maximum Gasteiger partial charge on any atom is 0.193 e. The molecule has 0 amide bonds. The topological polar surface area (TPSA) is 68.2 Å². The number of benzene rings is 1. The van der Waals surface area contributed by atoms with Gasteiger partial charge in [0.1, 0.15) is 0 Å². The third-order valence-electron chi connectivity index (χ3n) is 3.54. The number of rotatable bonds is 5. The Morgan fingerprint density at radius 3 is 2.55 bits per heavy atom. The van der Waals surface area contributed by atoms with Crippen LogP contribution < -0.4 is 11.1 Å². The molecule has 0 fully saturated rings. The van der Waals surface area contributed by atoms with E-state index >= 15 is 0 Å². The Bertz CT molecular complexity index is 603. The Balaban J connectivity index is 0.00000242. The van der Waals surface area contributed by atoms with E-state index in [-0.39, 0.29) is 24.0 Å². The van der Waals surface area contributed by atoms with Crippen molar-refractivity contribution in [1.82, 2.24) is 9.78 Å². The van der Waals surface area contributed by atoms with E-state index in [9.17, 15) is 0 Å². The molecule has 22 heavy (non-hydrogen) atoms. The van der Waals surface area contributed by atoms with Crippen molar-refractivity contribution in [2.75, 3.05) is 5.32 Å². The number of nitrogens with zero attached hydrogens (tertiary/aromatic N) is 3. The first kappa shape index (κ1) is 18.5. The smallest absolute Gasteiger partial charge is 0.193 e. The normalized spacial score (nSPS) is 12.6. The minimum atomic E-state index is 0. The van der Waals surface area contributed by atoms with Crippen LogP contribution in [-0.2, 0) is 13.6 Å². The lowest BCUT2D eigenvalue weighted by molar-refractivity contribution is 0.734. The van der Waals surface area contributed by atoms with Crippen molar-refractivity contribution in [2.24, 2.45) is 17.8 Å². The summed E-state index contributed by atoms with van der Waals surface area (Å²) in [5, 5.41) is 7.35. The minimum absolute atomic E-state index is 0. The quantitative estimate of drug-likeness (QED) is 0.448. The van der Waals surface area contributed by atoms with Gasteiger partial charge in [0.25, 0.3) is 0 Å². The van der Waals surface area contributed by atoms with Gasteiger partial charge in [0.2, 0.25) is 0 Å². The van der Waals surface area contributed by atoms with Crippen LogP contribution >= 0.6 is 24.0 Å². The molecular weight excluding hydrogens is 389 g/mol. The summed E-state index contributed by atoms with van der Waals surface area (Å²) >= 11 is 0. The zero-order chi connectivity index (χ0) is 15.2. The first-order chi connectivity index (χ1) is 10.1. The number of aryl methyl sites for hydroxylation is 1. The molecule has 1 atom stereocenters. The summed E-state index contributed by atoms with van der Waals surface area (Å²) in [5.41, 5.74) is 9.07. The molecule has 0 saturated heterocycles. The zero-order valence-corrected chi connectivity index (χ0v) is 15.6. The Morgan fingerprint density at radius 1 is 1.32 bits per heavy atom. The van der Waals surface area contributed by atoms with Crippen molar-refractivity contribution in [3.8, 4) is 0 Å². The number of halogens is 1. The van der Waals surface area contributed by atoms with Crippen molar-refractivity contribution >= 4 is 35.6 Å². The molecule has 0 aliphatic rings. The lowest BCUT2D eigenvalue weighted by Crippen LogP contribution is -2.22. The molecule has 3 N–H and O–H groups in total. The van der Waals surface area contributed by atoms with Crippen LogP contribution in [0.25, 0.3) is 0 Å². The van der Waals surface area contributed by atoms with Gasteiger partial charge < -0.3 is 11.1 Å². The lowest BCUT2D eigenvalue weighted by Gasteiger charge is -2.10. The van der Waals surface area contributed by atoms with Crippen LogP contribution in [0.3, 0.4) is 0 Å². The number of aliphatic imine (C=N–C) groups is 1. The summed E-state index contributed by atoms with van der Waals surface area (Å²) in [5.74, 6) is 0.978. The average molecular weight is 413 g/mol. The highest BCUT2D eigenvalue weighted by molar-refractivity contribution is 14.0. The maximum absolute atomic E-state index is 5.89. The fourth-order valence-electron chi connectivity index (χ4n) is 2.03. The molecule has 0 aliphatic carbocycles. The summed E-state index contributed by atoms with van der Waals surface area (Å²) in [6.07, 6.45) is 3.03. The van der Waals surface area contributed by atoms with E-state index in [1.54, 1.807) is 4.68 Å². The van der Waals surface area contributed by atoms with Crippen LogP contribution in [0.4, 0.5) is 5.69 Å². The van der Waals surface area contributed by atoms with Gasteiger partial charge in [-0.1, -0.05) is 26.0 Å². The van der Waals surface area contributed by atoms with Gasteiger partial charge in [-0.15, -0.1) is 24.0 Å². The van der Waals surface area contributed by atoms with Gasteiger partial charge in [-0.25, -0.2) is 4.99 Å². The summed E-state index contributed by atoms with van der Waals surface area (Å²) in [4.78, 5) is 4.28. The van der Waals surface area contributed by atoms with Crippen molar-refractivity contribution in [2.45, 2.75) is 32.7 Å². The second kappa shape index (κ2) is 8.77. The maximum atomic E-state index is 5.89. The molecule has 120 valence electrons. The third-order valence-corrected chi connectivity index (χ3v) is 3.54. The molecule has 0 aliphatic heterocycles. The van der Waals surface area contributed by atoms with Crippen LogP contribution in [0.2, 0.25) is 0 Å². The molecule has 1 unspecified atom stereocenters. The van der Waals surface area contributed by atoms with Crippen molar-refractivity contribution < 1.29 is 0 Å². The summed E-state index contributed by atoms with van der Waals surface area (Å²) < 4.78 is 1.75. The van der Waals surface area contributed by atoms with E-state index in [0.717, 1.165) is 17.8 Å². The number of aromatic nitrogens is 2. The number of anilines is 1. The Kier molecular flexibility index (Phi) is 7.37. The van der Waals surface area contributed by atoms with Gasteiger partial charge in [0, 0.05) is 18.9 Å². The molecular formula is C16H24IN5. The monoisotopic (exact) mass is 413 g/mol. The van der Waals surface area contributed by atoms with E-state index in [4.69, 9.17) is 5.73 Å². The highest BCUT2D eigenvalue weighted by Crippen LogP contribution is 2.20. The molecule has 2 aromatic rings. The number of hydrogen-bond donors (Lipinski definition) is 2. The number of nitrogens with two attached hydrogens (primary N) is 1. The first-order valence-corrected chi connectivity index (χ1v) is 7.24. The number of hydrogen-bond acceptors (Lipinski definition) is 2. The largest absolute Gasteiger partial charge is 0.370 e. The number of nitrogens with one attached hydrogen (secondary N) is 1. The highest BCUT2D eigenvalue weighted by atomic mass is 127. The zero-order valence-electron chi connectivity index (χ0n) is 13.3.